The van der Waals surface area contributed by atoms with E-state index in [1.54, 1.807) is 0 Å². The van der Waals surface area contributed by atoms with Crippen molar-refractivity contribution in [1.82, 2.24) is 19.9 Å². The summed E-state index contributed by atoms with van der Waals surface area (Å²) in [4.78, 5) is 16.9. The summed E-state index contributed by atoms with van der Waals surface area (Å²) in [7, 11) is 0. The van der Waals surface area contributed by atoms with Crippen molar-refractivity contribution in [1.29, 1.82) is 0 Å². The molecule has 2 heterocycles. The fourth-order valence-corrected chi connectivity index (χ4v) is 4.11. The number of nitrogens with one attached hydrogen (secondary N) is 1. The van der Waals surface area contributed by atoms with Gasteiger partial charge in [0, 0.05) is 24.3 Å². The highest BCUT2D eigenvalue weighted by molar-refractivity contribution is 7.16. The Kier molecular flexibility index (Phi) is 4.35. The van der Waals surface area contributed by atoms with Gasteiger partial charge in [-0.2, -0.15) is 9.61 Å². The Morgan fingerprint density at radius 1 is 1.43 bits per heavy atom. The smallest absolute Gasteiger partial charge is 0.275 e. The van der Waals surface area contributed by atoms with Gasteiger partial charge in [-0.25, -0.2) is 4.98 Å². The second-order valence-corrected chi connectivity index (χ2v) is 6.91. The fourth-order valence-electron chi connectivity index (χ4n) is 3.21. The van der Waals surface area contributed by atoms with Crippen molar-refractivity contribution in [2.24, 2.45) is 5.92 Å². The molecule has 2 unspecified atom stereocenters. The molecule has 0 aliphatic heterocycles. The summed E-state index contributed by atoms with van der Waals surface area (Å²) in [5.74, 6) is 0.774. The van der Waals surface area contributed by atoms with E-state index in [1.165, 1.54) is 54.0 Å². The van der Waals surface area contributed by atoms with Crippen LogP contribution in [0.15, 0.2) is 10.9 Å². The van der Waals surface area contributed by atoms with E-state index < -0.39 is 0 Å². The first-order valence-electron chi connectivity index (χ1n) is 7.77. The van der Waals surface area contributed by atoms with Gasteiger partial charge in [0.1, 0.15) is 5.01 Å². The minimum atomic E-state index is -0.0934. The van der Waals surface area contributed by atoms with Gasteiger partial charge in [-0.05, 0) is 25.7 Å². The quantitative estimate of drug-likeness (QED) is 0.943. The van der Waals surface area contributed by atoms with Crippen molar-refractivity contribution in [3.63, 3.8) is 0 Å². The van der Waals surface area contributed by atoms with E-state index in [9.17, 15) is 4.79 Å². The lowest BCUT2D eigenvalue weighted by atomic mass is 9.83. The first-order valence-corrected chi connectivity index (χ1v) is 8.59. The molecule has 0 amide bonds. The van der Waals surface area contributed by atoms with Gasteiger partial charge >= 0.3 is 0 Å². The predicted molar refractivity (Wildman–Crippen MR) is 84.7 cm³/mol. The standard InChI is InChI=1S/C15H22N4OS/c1-3-11-6-4-5-7-12(11)16-9-13-18-19-14(20)8-10(2)17-15(19)21-13/h8,11-12,16H,3-7,9H2,1-2H3. The zero-order valence-electron chi connectivity index (χ0n) is 12.6. The second-order valence-electron chi connectivity index (χ2n) is 5.87. The largest absolute Gasteiger partial charge is 0.307 e. The lowest BCUT2D eigenvalue weighted by Gasteiger charge is -2.31. The summed E-state index contributed by atoms with van der Waals surface area (Å²) >= 11 is 1.50. The molecule has 1 aliphatic carbocycles. The van der Waals surface area contributed by atoms with E-state index in [0.29, 0.717) is 11.0 Å². The molecule has 6 heteroatoms. The average molecular weight is 306 g/mol. The maximum atomic E-state index is 11.9. The van der Waals surface area contributed by atoms with Crippen LogP contribution >= 0.6 is 11.3 Å². The van der Waals surface area contributed by atoms with Crippen LogP contribution in [0, 0.1) is 12.8 Å². The minimum Gasteiger partial charge on any atom is -0.307 e. The van der Waals surface area contributed by atoms with Crippen LogP contribution in [0.3, 0.4) is 0 Å². The van der Waals surface area contributed by atoms with E-state index in [1.807, 2.05) is 6.92 Å². The van der Waals surface area contributed by atoms with Crippen LogP contribution in [-0.2, 0) is 6.54 Å². The Morgan fingerprint density at radius 3 is 3.05 bits per heavy atom. The van der Waals surface area contributed by atoms with Crippen LogP contribution in [0.1, 0.15) is 49.7 Å². The molecule has 5 nitrogen and oxygen atoms in total. The zero-order valence-corrected chi connectivity index (χ0v) is 13.4. The molecule has 114 valence electrons. The van der Waals surface area contributed by atoms with Crippen molar-refractivity contribution in [2.75, 3.05) is 0 Å². The van der Waals surface area contributed by atoms with E-state index in [-0.39, 0.29) is 5.56 Å². The number of nitrogens with zero attached hydrogens (tertiary/aromatic N) is 3. The summed E-state index contributed by atoms with van der Waals surface area (Å²) in [6.07, 6.45) is 6.48. The molecule has 3 rings (SSSR count). The first-order chi connectivity index (χ1) is 10.2. The molecule has 0 radical (unpaired) electrons. The van der Waals surface area contributed by atoms with Crippen LogP contribution < -0.4 is 10.9 Å². The second kappa shape index (κ2) is 6.23. The lowest BCUT2D eigenvalue weighted by Crippen LogP contribution is -2.37. The summed E-state index contributed by atoms with van der Waals surface area (Å²) < 4.78 is 1.41. The summed E-state index contributed by atoms with van der Waals surface area (Å²) in [5.41, 5.74) is 0.658. The molecule has 21 heavy (non-hydrogen) atoms. The molecule has 1 fully saturated rings. The highest BCUT2D eigenvalue weighted by Crippen LogP contribution is 2.27. The lowest BCUT2D eigenvalue weighted by molar-refractivity contribution is 0.254. The Morgan fingerprint density at radius 2 is 2.24 bits per heavy atom. The molecule has 1 N–H and O–H groups in total. The SMILES string of the molecule is CCC1CCCCC1NCc1nn2c(=O)cc(C)nc2s1. The summed E-state index contributed by atoms with van der Waals surface area (Å²) in [5, 5.41) is 8.96. The maximum Gasteiger partial charge on any atom is 0.275 e. The van der Waals surface area contributed by atoms with Gasteiger partial charge in [0.15, 0.2) is 0 Å². The highest BCUT2D eigenvalue weighted by Gasteiger charge is 2.23. The van der Waals surface area contributed by atoms with Crippen molar-refractivity contribution in [2.45, 2.75) is 58.5 Å². The van der Waals surface area contributed by atoms with Crippen LogP contribution in [0.4, 0.5) is 0 Å². The topological polar surface area (TPSA) is 59.3 Å². The molecule has 2 aromatic rings. The zero-order chi connectivity index (χ0) is 14.8. The first kappa shape index (κ1) is 14.7. The third-order valence-corrected chi connectivity index (χ3v) is 5.27. The highest BCUT2D eigenvalue weighted by atomic mass is 32.1. The van der Waals surface area contributed by atoms with Crippen LogP contribution in [0.2, 0.25) is 0 Å². The molecular formula is C15H22N4OS. The average Bonchev–Trinajstić information content (AvgIpc) is 2.88. The minimum absolute atomic E-state index is 0.0934. The van der Waals surface area contributed by atoms with Gasteiger partial charge in [-0.3, -0.25) is 4.79 Å². The van der Waals surface area contributed by atoms with Crippen LogP contribution in [-0.4, -0.2) is 20.6 Å². The van der Waals surface area contributed by atoms with Gasteiger partial charge in [-0.15, -0.1) is 0 Å². The normalized spacial score (nSPS) is 22.8. The van der Waals surface area contributed by atoms with Crippen molar-refractivity contribution in [3.05, 3.63) is 27.1 Å². The number of hydrogen-bond donors (Lipinski definition) is 1. The number of fused-ring (bicyclic) bond motifs is 1. The maximum absolute atomic E-state index is 11.9. The van der Waals surface area contributed by atoms with Crippen LogP contribution in [0.5, 0.6) is 0 Å². The molecular weight excluding hydrogens is 284 g/mol. The number of hydrogen-bond acceptors (Lipinski definition) is 5. The molecule has 0 aromatic carbocycles. The van der Waals surface area contributed by atoms with Gasteiger partial charge in [0.05, 0.1) is 0 Å². The van der Waals surface area contributed by atoms with E-state index >= 15 is 0 Å². The molecule has 2 atom stereocenters. The molecule has 0 bridgehead atoms. The van der Waals surface area contributed by atoms with Crippen molar-refractivity contribution in [3.8, 4) is 0 Å². The Balaban J connectivity index is 1.73. The van der Waals surface area contributed by atoms with Gasteiger partial charge in [-0.1, -0.05) is 37.5 Å². The van der Waals surface area contributed by atoms with Crippen molar-refractivity contribution >= 4 is 16.3 Å². The van der Waals surface area contributed by atoms with E-state index in [2.05, 4.69) is 22.3 Å². The van der Waals surface area contributed by atoms with Crippen molar-refractivity contribution < 1.29 is 0 Å². The third-order valence-electron chi connectivity index (χ3n) is 4.36. The Labute approximate surface area is 128 Å². The molecule has 1 saturated carbocycles. The van der Waals surface area contributed by atoms with Gasteiger partial charge in [0.2, 0.25) is 4.96 Å². The summed E-state index contributed by atoms with van der Waals surface area (Å²) in [6.45, 7) is 4.84. The predicted octanol–water partition coefficient (Wildman–Crippen LogP) is 2.52. The van der Waals surface area contributed by atoms with Crippen LogP contribution in [0.25, 0.3) is 4.96 Å². The summed E-state index contributed by atoms with van der Waals surface area (Å²) in [6, 6.07) is 2.11. The fraction of sp³-hybridized carbons (Fsp3) is 0.667. The van der Waals surface area contributed by atoms with Gasteiger partial charge < -0.3 is 5.32 Å². The third kappa shape index (κ3) is 3.16. The molecule has 1 aliphatic rings. The Bertz CT molecular complexity index is 678. The number of aromatic nitrogens is 3. The molecule has 0 spiro atoms. The molecule has 0 saturated heterocycles. The van der Waals surface area contributed by atoms with Gasteiger partial charge in [0.25, 0.3) is 5.56 Å². The van der Waals surface area contributed by atoms with E-state index in [0.717, 1.165) is 23.2 Å². The van der Waals surface area contributed by atoms with E-state index in [4.69, 9.17) is 0 Å². The monoisotopic (exact) mass is 306 g/mol. The number of aryl methyl sites for hydroxylation is 1. The molecule has 2 aromatic heterocycles. The number of rotatable bonds is 4. The Hall–Kier alpha value is -1.27.